The number of hydrogen-bond acceptors (Lipinski definition) is 7. The van der Waals surface area contributed by atoms with Crippen LogP contribution >= 0.6 is 0 Å². The predicted octanol–water partition coefficient (Wildman–Crippen LogP) is 4.70. The first-order valence-corrected chi connectivity index (χ1v) is 18.1. The van der Waals surface area contributed by atoms with E-state index in [0.29, 0.717) is 31.2 Å². The quantitative estimate of drug-likeness (QED) is 0.172. The molecule has 2 fully saturated rings. The molecular formula is C37H47N3O7S. The van der Waals surface area contributed by atoms with Gasteiger partial charge in [-0.15, -0.1) is 0 Å². The van der Waals surface area contributed by atoms with E-state index in [-0.39, 0.29) is 29.4 Å². The number of aliphatic hydroxyl groups excluding tert-OH is 2. The Kier molecular flexibility index (Phi) is 11.2. The first-order chi connectivity index (χ1) is 23.0. The number of alkyl carbamates (subject to hydrolysis) is 1. The van der Waals surface area contributed by atoms with Gasteiger partial charge in [0.15, 0.2) is 0 Å². The number of rotatable bonds is 16. The van der Waals surface area contributed by atoms with Crippen molar-refractivity contribution in [1.29, 1.82) is 0 Å². The van der Waals surface area contributed by atoms with Crippen LogP contribution in [0.15, 0.2) is 89.8 Å². The average molecular weight is 678 g/mol. The molecule has 0 saturated heterocycles. The van der Waals surface area contributed by atoms with Crippen LogP contribution in [0.3, 0.4) is 0 Å². The zero-order valence-electron chi connectivity index (χ0n) is 27.8. The Bertz CT molecular complexity index is 1590. The summed E-state index contributed by atoms with van der Waals surface area (Å²) >= 11 is 0. The molecule has 0 spiro atoms. The highest BCUT2D eigenvalue weighted by atomic mass is 32.2. The van der Waals surface area contributed by atoms with Crippen LogP contribution in [0.5, 0.6) is 0 Å². The Morgan fingerprint density at radius 3 is 1.96 bits per heavy atom. The zero-order chi connectivity index (χ0) is 34.5. The number of aliphatic hydroxyl groups is 2. The lowest BCUT2D eigenvalue weighted by Gasteiger charge is -2.35. The first-order valence-electron chi connectivity index (χ1n) is 16.7. The summed E-state index contributed by atoms with van der Waals surface area (Å²) in [6, 6.07) is 23.8. The maximum Gasteiger partial charge on any atom is 0.407 e. The van der Waals surface area contributed by atoms with E-state index in [4.69, 9.17) is 4.74 Å². The van der Waals surface area contributed by atoms with Gasteiger partial charge in [0.25, 0.3) is 0 Å². The molecule has 3 aromatic rings. The van der Waals surface area contributed by atoms with Crippen molar-refractivity contribution < 1.29 is 33.0 Å². The highest BCUT2D eigenvalue weighted by Gasteiger charge is 2.61. The lowest BCUT2D eigenvalue weighted by Crippen LogP contribution is -2.53. The van der Waals surface area contributed by atoms with Crippen molar-refractivity contribution in [2.75, 3.05) is 7.11 Å². The van der Waals surface area contributed by atoms with E-state index in [1.54, 1.807) is 12.1 Å². The monoisotopic (exact) mass is 677 g/mol. The minimum atomic E-state index is -3.94. The number of benzene rings is 3. The van der Waals surface area contributed by atoms with E-state index in [0.717, 1.165) is 24.0 Å². The summed E-state index contributed by atoms with van der Waals surface area (Å²) in [5.41, 5.74) is 1.41. The molecule has 4 N–H and O–H groups in total. The maximum atomic E-state index is 14.2. The molecule has 0 bridgehead atoms. The molecule has 2 aliphatic rings. The van der Waals surface area contributed by atoms with Gasteiger partial charge in [-0.1, -0.05) is 72.8 Å². The molecule has 2 unspecified atom stereocenters. The maximum absolute atomic E-state index is 14.2. The summed E-state index contributed by atoms with van der Waals surface area (Å²) < 4.78 is 34.2. The summed E-state index contributed by atoms with van der Waals surface area (Å²) in [4.78, 5) is 26.9. The fraction of sp³-hybridized carbons (Fsp3) is 0.459. The molecule has 4 atom stereocenters. The molecule has 3 aromatic carbocycles. The molecule has 0 heterocycles. The number of carbonyl (C=O) groups excluding carboxylic acids is 2. The largest absolute Gasteiger partial charge is 0.453 e. The van der Waals surface area contributed by atoms with E-state index in [1.807, 2.05) is 74.5 Å². The van der Waals surface area contributed by atoms with Gasteiger partial charge in [0.2, 0.25) is 15.9 Å². The van der Waals surface area contributed by atoms with Gasteiger partial charge in [0.05, 0.1) is 30.3 Å². The topological polar surface area (TPSA) is 145 Å². The molecule has 2 aliphatic carbocycles. The van der Waals surface area contributed by atoms with Gasteiger partial charge in [-0.2, -0.15) is 4.31 Å². The average Bonchev–Trinajstić information content (AvgIpc) is 4.02. The summed E-state index contributed by atoms with van der Waals surface area (Å²) in [5, 5.41) is 26.4. The van der Waals surface area contributed by atoms with Crippen molar-refractivity contribution in [3.05, 3.63) is 102 Å². The Morgan fingerprint density at radius 1 is 0.938 bits per heavy atom. The highest BCUT2D eigenvalue weighted by Crippen LogP contribution is 2.50. The Hall–Kier alpha value is -3.77. The third-order valence-corrected chi connectivity index (χ3v) is 11.8. The fourth-order valence-corrected chi connectivity index (χ4v) is 9.04. The molecular weight excluding hydrogens is 630 g/mol. The lowest BCUT2D eigenvalue weighted by atomic mass is 9.84. The van der Waals surface area contributed by atoms with Crippen molar-refractivity contribution >= 4 is 22.0 Å². The molecule has 258 valence electrons. The van der Waals surface area contributed by atoms with Crippen LogP contribution in [0.25, 0.3) is 0 Å². The number of ether oxygens (including phenoxy) is 1. The van der Waals surface area contributed by atoms with Gasteiger partial charge in [-0.25, -0.2) is 13.2 Å². The Labute approximate surface area is 283 Å². The van der Waals surface area contributed by atoms with E-state index in [1.165, 1.54) is 23.5 Å². The molecule has 0 aliphatic heterocycles. The number of amides is 2. The molecule has 10 nitrogen and oxygen atoms in total. The zero-order valence-corrected chi connectivity index (χ0v) is 28.6. The number of sulfonamides is 1. The van der Waals surface area contributed by atoms with Gasteiger partial charge in [-0.3, -0.25) is 4.79 Å². The third-order valence-electron chi connectivity index (χ3n) is 9.61. The molecule has 48 heavy (non-hydrogen) atoms. The van der Waals surface area contributed by atoms with Crippen LogP contribution in [0.2, 0.25) is 0 Å². The summed E-state index contributed by atoms with van der Waals surface area (Å²) in [5.74, 6) is -0.531. The van der Waals surface area contributed by atoms with Crippen molar-refractivity contribution in [3.8, 4) is 0 Å². The molecule has 2 saturated carbocycles. The second-order valence-electron chi connectivity index (χ2n) is 13.3. The Morgan fingerprint density at radius 2 is 1.50 bits per heavy atom. The van der Waals surface area contributed by atoms with Crippen LogP contribution in [0.1, 0.15) is 75.0 Å². The minimum absolute atomic E-state index is 0.116. The Balaban J connectivity index is 1.34. The molecule has 5 rings (SSSR count). The van der Waals surface area contributed by atoms with E-state index < -0.39 is 45.8 Å². The van der Waals surface area contributed by atoms with Gasteiger partial charge in [0, 0.05) is 18.0 Å². The van der Waals surface area contributed by atoms with Gasteiger partial charge in [-0.05, 0) is 87.1 Å². The van der Waals surface area contributed by atoms with Crippen molar-refractivity contribution in [1.82, 2.24) is 14.9 Å². The van der Waals surface area contributed by atoms with Gasteiger partial charge >= 0.3 is 6.09 Å². The molecule has 11 heteroatoms. The molecule has 2 amide bonds. The van der Waals surface area contributed by atoms with Crippen molar-refractivity contribution in [3.63, 3.8) is 0 Å². The third kappa shape index (κ3) is 7.92. The van der Waals surface area contributed by atoms with Crippen LogP contribution in [-0.4, -0.2) is 71.8 Å². The molecule has 0 aromatic heterocycles. The van der Waals surface area contributed by atoms with Gasteiger partial charge < -0.3 is 25.6 Å². The second-order valence-corrected chi connectivity index (χ2v) is 15.1. The standard InChI is InChI=1S/C37H47N3O7S/c1-25(2)40(48(45,46)30-20-16-26(24-41)17-21-30)37(23-32(37)42)22-10-15-31(27-18-19-27)38-35(43)34(39-36(44)47-3)33(28-11-6-4-7-12-28)29-13-8-5-9-14-29/h4-9,11-14,16-17,20-21,25,27,31-34,41-42H,10,15,18-19,22-24H2,1-3H3,(H,38,43)(H,39,44)/t31-,32?,34+,37?/m1/s1. The first kappa shape index (κ1) is 35.5. The summed E-state index contributed by atoms with van der Waals surface area (Å²) in [7, 11) is -2.68. The van der Waals surface area contributed by atoms with Crippen LogP contribution in [0.4, 0.5) is 4.79 Å². The highest BCUT2D eigenvalue weighted by molar-refractivity contribution is 7.89. The van der Waals surface area contributed by atoms with Crippen molar-refractivity contribution in [2.24, 2.45) is 5.92 Å². The van der Waals surface area contributed by atoms with Crippen LogP contribution < -0.4 is 10.6 Å². The number of hydrogen-bond donors (Lipinski definition) is 4. The van der Waals surface area contributed by atoms with E-state index >= 15 is 0 Å². The normalized spacial score (nSPS) is 20.4. The van der Waals surface area contributed by atoms with Crippen LogP contribution in [0, 0.1) is 5.92 Å². The molecule has 0 radical (unpaired) electrons. The SMILES string of the molecule is COC(=O)N[C@H](C(=O)N[C@H](CCCC1(N(C(C)C)S(=O)(=O)c2ccc(CO)cc2)CC1O)C1CC1)C(c1ccccc1)c1ccccc1. The van der Waals surface area contributed by atoms with Crippen LogP contribution in [-0.2, 0) is 26.2 Å². The van der Waals surface area contributed by atoms with Crippen molar-refractivity contribution in [2.45, 2.75) is 99.6 Å². The summed E-state index contributed by atoms with van der Waals surface area (Å²) in [6.45, 7) is 3.43. The van der Waals surface area contributed by atoms with Gasteiger partial charge in [0.1, 0.15) is 6.04 Å². The lowest BCUT2D eigenvalue weighted by molar-refractivity contribution is -0.124. The number of methoxy groups -OCH3 is 1. The second kappa shape index (κ2) is 15.2. The smallest absolute Gasteiger partial charge is 0.407 e. The fourth-order valence-electron chi connectivity index (χ4n) is 7.01. The number of nitrogens with zero attached hydrogens (tertiary/aromatic N) is 1. The summed E-state index contributed by atoms with van der Waals surface area (Å²) in [6.07, 6.45) is 2.36. The van der Waals surface area contributed by atoms with E-state index in [9.17, 15) is 28.2 Å². The minimum Gasteiger partial charge on any atom is -0.453 e. The van der Waals surface area contributed by atoms with E-state index in [2.05, 4.69) is 10.6 Å². The predicted molar refractivity (Wildman–Crippen MR) is 182 cm³/mol. The number of nitrogens with one attached hydrogen (secondary N) is 2. The number of carbonyl (C=O) groups is 2.